The number of hydrogen-bond donors (Lipinski definition) is 2. The average Bonchev–Trinajstić information content (AvgIpc) is 2.90. The fraction of sp³-hybridized carbons (Fsp3) is 0.500. The minimum Gasteiger partial charge on any atom is -0.451 e. The highest BCUT2D eigenvalue weighted by molar-refractivity contribution is 6.08. The van der Waals surface area contributed by atoms with Gasteiger partial charge in [0.05, 0.1) is 6.61 Å². The van der Waals surface area contributed by atoms with Crippen molar-refractivity contribution in [1.82, 2.24) is 15.5 Å². The number of hydrogen-bond acceptors (Lipinski definition) is 6. The van der Waals surface area contributed by atoms with Crippen LogP contribution >= 0.6 is 0 Å². The number of aryl methyl sites for hydroxylation is 1. The number of imide groups is 1. The number of nitrogens with zero attached hydrogens (tertiary/aromatic N) is 1. The molecule has 4 amide bonds. The molecule has 1 saturated heterocycles. The van der Waals surface area contributed by atoms with Crippen LogP contribution in [0.5, 0.6) is 0 Å². The fourth-order valence-corrected chi connectivity index (χ4v) is 2.94. The molecular weight excluding hydrogens is 378 g/mol. The summed E-state index contributed by atoms with van der Waals surface area (Å²) in [7, 11) is 1.50. The normalized spacial score (nSPS) is 19.6. The van der Waals surface area contributed by atoms with Crippen molar-refractivity contribution in [2.75, 3.05) is 26.8 Å². The SMILES string of the molecule is COCCNC(=O)[C@H](C)OC(=O)CN1C(=O)N[C@@](C)(CCc2ccccc2)C1=O. The quantitative estimate of drug-likeness (QED) is 0.335. The summed E-state index contributed by atoms with van der Waals surface area (Å²) in [5.74, 6) is -1.82. The lowest BCUT2D eigenvalue weighted by Gasteiger charge is -2.21. The van der Waals surface area contributed by atoms with Crippen LogP contribution in [0.25, 0.3) is 0 Å². The van der Waals surface area contributed by atoms with Crippen LogP contribution in [0.2, 0.25) is 0 Å². The summed E-state index contributed by atoms with van der Waals surface area (Å²) in [4.78, 5) is 49.7. The molecule has 29 heavy (non-hydrogen) atoms. The molecule has 1 heterocycles. The molecule has 0 aromatic heterocycles. The predicted octanol–water partition coefficient (Wildman–Crippen LogP) is 0.624. The van der Waals surface area contributed by atoms with Crippen molar-refractivity contribution < 1.29 is 28.7 Å². The van der Waals surface area contributed by atoms with Crippen LogP contribution in [0, 0.1) is 0 Å². The Bertz CT molecular complexity index is 754. The van der Waals surface area contributed by atoms with Gasteiger partial charge in [0.1, 0.15) is 12.1 Å². The lowest BCUT2D eigenvalue weighted by Crippen LogP contribution is -2.45. The number of ether oxygens (including phenoxy) is 2. The lowest BCUT2D eigenvalue weighted by atomic mass is 9.93. The van der Waals surface area contributed by atoms with Gasteiger partial charge < -0.3 is 20.1 Å². The first-order valence-corrected chi connectivity index (χ1v) is 9.41. The molecule has 1 aromatic carbocycles. The summed E-state index contributed by atoms with van der Waals surface area (Å²) >= 11 is 0. The number of nitrogens with one attached hydrogen (secondary N) is 2. The number of carbonyl (C=O) groups is 4. The van der Waals surface area contributed by atoms with E-state index in [1.165, 1.54) is 14.0 Å². The summed E-state index contributed by atoms with van der Waals surface area (Å²) in [6.45, 7) is 3.10. The molecule has 1 aliphatic rings. The number of amides is 4. The van der Waals surface area contributed by atoms with E-state index in [2.05, 4.69) is 10.6 Å². The molecule has 9 nitrogen and oxygen atoms in total. The van der Waals surface area contributed by atoms with Crippen LogP contribution in [-0.2, 0) is 30.3 Å². The molecule has 0 unspecified atom stereocenters. The average molecular weight is 405 g/mol. The van der Waals surface area contributed by atoms with Gasteiger partial charge in [0.15, 0.2) is 6.10 Å². The van der Waals surface area contributed by atoms with Crippen molar-refractivity contribution in [1.29, 1.82) is 0 Å². The van der Waals surface area contributed by atoms with Gasteiger partial charge in [0, 0.05) is 13.7 Å². The first-order valence-electron chi connectivity index (χ1n) is 9.41. The van der Waals surface area contributed by atoms with Crippen LogP contribution in [0.1, 0.15) is 25.8 Å². The summed E-state index contributed by atoms with van der Waals surface area (Å²) in [5, 5.41) is 5.20. The number of esters is 1. The minimum atomic E-state index is -1.10. The second-order valence-corrected chi connectivity index (χ2v) is 7.06. The van der Waals surface area contributed by atoms with Gasteiger partial charge in [0.2, 0.25) is 0 Å². The number of benzene rings is 1. The molecule has 1 aromatic rings. The van der Waals surface area contributed by atoms with E-state index < -0.39 is 42.0 Å². The van der Waals surface area contributed by atoms with Gasteiger partial charge in [-0.3, -0.25) is 19.3 Å². The third-order valence-corrected chi connectivity index (χ3v) is 4.67. The van der Waals surface area contributed by atoms with Gasteiger partial charge in [-0.25, -0.2) is 4.79 Å². The lowest BCUT2D eigenvalue weighted by molar-refractivity contribution is -0.156. The number of rotatable bonds is 10. The van der Waals surface area contributed by atoms with Crippen LogP contribution in [0.4, 0.5) is 4.79 Å². The Hall–Kier alpha value is -2.94. The Morgan fingerprint density at radius 3 is 2.59 bits per heavy atom. The zero-order valence-electron chi connectivity index (χ0n) is 16.9. The van der Waals surface area contributed by atoms with Gasteiger partial charge in [-0.15, -0.1) is 0 Å². The largest absolute Gasteiger partial charge is 0.451 e. The van der Waals surface area contributed by atoms with Crippen molar-refractivity contribution in [3.05, 3.63) is 35.9 Å². The van der Waals surface area contributed by atoms with Crippen LogP contribution in [0.15, 0.2) is 30.3 Å². The molecular formula is C20H27N3O6. The molecule has 9 heteroatoms. The first-order chi connectivity index (χ1) is 13.8. The third kappa shape index (κ3) is 6.02. The van der Waals surface area contributed by atoms with Crippen LogP contribution in [0.3, 0.4) is 0 Å². The number of carbonyl (C=O) groups excluding carboxylic acids is 4. The van der Waals surface area contributed by atoms with Crippen molar-refractivity contribution >= 4 is 23.8 Å². The molecule has 2 N–H and O–H groups in total. The van der Waals surface area contributed by atoms with Crippen molar-refractivity contribution in [3.8, 4) is 0 Å². The summed E-state index contributed by atoms with van der Waals surface area (Å²) in [6, 6.07) is 8.94. The highest BCUT2D eigenvalue weighted by atomic mass is 16.5. The molecule has 1 aliphatic heterocycles. The van der Waals surface area contributed by atoms with E-state index in [-0.39, 0.29) is 6.54 Å². The topological polar surface area (TPSA) is 114 Å². The Kier molecular flexibility index (Phi) is 7.72. The molecule has 2 atom stereocenters. The van der Waals surface area contributed by atoms with Crippen molar-refractivity contribution in [2.45, 2.75) is 38.3 Å². The minimum absolute atomic E-state index is 0.282. The van der Waals surface area contributed by atoms with Crippen molar-refractivity contribution in [2.24, 2.45) is 0 Å². The Balaban J connectivity index is 1.88. The molecule has 0 radical (unpaired) electrons. The van der Waals surface area contributed by atoms with Crippen LogP contribution in [-0.4, -0.2) is 67.2 Å². The molecule has 0 spiro atoms. The molecule has 2 rings (SSSR count). The van der Waals surface area contributed by atoms with E-state index in [0.717, 1.165) is 10.5 Å². The maximum Gasteiger partial charge on any atom is 0.327 e. The molecule has 0 aliphatic carbocycles. The summed E-state index contributed by atoms with van der Waals surface area (Å²) in [6.07, 6.45) is -0.0595. The monoisotopic (exact) mass is 405 g/mol. The van der Waals surface area contributed by atoms with E-state index in [9.17, 15) is 19.2 Å². The summed E-state index contributed by atoms with van der Waals surface area (Å²) < 4.78 is 9.86. The number of urea groups is 1. The molecule has 158 valence electrons. The van der Waals surface area contributed by atoms with Gasteiger partial charge >= 0.3 is 12.0 Å². The molecule has 0 bridgehead atoms. The fourth-order valence-electron chi connectivity index (χ4n) is 2.94. The Morgan fingerprint density at radius 2 is 1.93 bits per heavy atom. The van der Waals surface area contributed by atoms with E-state index in [4.69, 9.17) is 9.47 Å². The van der Waals surface area contributed by atoms with E-state index >= 15 is 0 Å². The highest BCUT2D eigenvalue weighted by Gasteiger charge is 2.48. The first kappa shape index (κ1) is 22.4. The van der Waals surface area contributed by atoms with Gasteiger partial charge in [-0.1, -0.05) is 30.3 Å². The Morgan fingerprint density at radius 1 is 1.24 bits per heavy atom. The van der Waals surface area contributed by atoms with E-state index in [1.54, 1.807) is 6.92 Å². The van der Waals surface area contributed by atoms with Gasteiger partial charge in [0.25, 0.3) is 11.8 Å². The number of methoxy groups -OCH3 is 1. The second kappa shape index (κ2) is 10.0. The second-order valence-electron chi connectivity index (χ2n) is 7.06. The van der Waals surface area contributed by atoms with E-state index in [1.807, 2.05) is 30.3 Å². The predicted molar refractivity (Wildman–Crippen MR) is 104 cm³/mol. The van der Waals surface area contributed by atoms with Crippen LogP contribution < -0.4 is 10.6 Å². The molecule has 1 fully saturated rings. The van der Waals surface area contributed by atoms with Gasteiger partial charge in [-0.05, 0) is 32.3 Å². The Labute approximate surface area is 169 Å². The maximum absolute atomic E-state index is 12.7. The smallest absolute Gasteiger partial charge is 0.327 e. The summed E-state index contributed by atoms with van der Waals surface area (Å²) in [5.41, 5.74) is -0.0574. The van der Waals surface area contributed by atoms with Gasteiger partial charge in [-0.2, -0.15) is 0 Å². The maximum atomic E-state index is 12.7. The van der Waals surface area contributed by atoms with E-state index in [0.29, 0.717) is 19.4 Å². The third-order valence-electron chi connectivity index (χ3n) is 4.67. The zero-order valence-corrected chi connectivity index (χ0v) is 16.9. The zero-order chi connectivity index (χ0) is 21.4. The standard InChI is InChI=1S/C20H27N3O6/c1-14(17(25)21-11-12-28-3)29-16(24)13-23-18(26)20(2,22-19(23)27)10-9-15-7-5-4-6-8-15/h4-8,14H,9-13H2,1-3H3,(H,21,25)(H,22,27)/t14-,20-/m0/s1. The van der Waals surface area contributed by atoms with Crippen molar-refractivity contribution in [3.63, 3.8) is 0 Å². The highest BCUT2D eigenvalue weighted by Crippen LogP contribution is 2.23. The molecule has 0 saturated carbocycles.